The van der Waals surface area contributed by atoms with Crippen LogP contribution >= 0.6 is 11.8 Å². The van der Waals surface area contributed by atoms with Crippen LogP contribution in [0, 0.1) is 0 Å². The molecule has 3 heterocycles. The summed E-state index contributed by atoms with van der Waals surface area (Å²) in [5, 5.41) is 22.3. The van der Waals surface area contributed by atoms with Gasteiger partial charge in [0.15, 0.2) is 5.69 Å². The number of fused-ring (bicyclic) bond motifs is 1. The maximum Gasteiger partial charge on any atom is 0.277 e. The second-order valence-electron chi connectivity index (χ2n) is 6.95. The Labute approximate surface area is 186 Å². The highest BCUT2D eigenvalue weighted by molar-refractivity contribution is 7.98. The molecular formula is C22H18N6O3S. The Morgan fingerprint density at radius 3 is 2.41 bits per heavy atom. The van der Waals surface area contributed by atoms with Crippen LogP contribution in [0.1, 0.15) is 24.3 Å². The average Bonchev–Trinajstić information content (AvgIpc) is 3.50. The van der Waals surface area contributed by atoms with E-state index in [1.54, 1.807) is 6.07 Å². The number of aryl methyl sites for hydroxylation is 1. The van der Waals surface area contributed by atoms with Gasteiger partial charge in [0.1, 0.15) is 0 Å². The molecule has 32 heavy (non-hydrogen) atoms. The lowest BCUT2D eigenvalue weighted by Crippen LogP contribution is -2.24. The quantitative estimate of drug-likeness (QED) is 0.345. The first-order valence-corrected chi connectivity index (χ1v) is 11.0. The van der Waals surface area contributed by atoms with Crippen LogP contribution in [0.15, 0.2) is 73.4 Å². The summed E-state index contributed by atoms with van der Waals surface area (Å²) in [4.78, 5) is 13.0. The standard InChI is InChI=1S/C22H18N6O3S/c1-2-17-23-24-18(30-17)13-32-22-26-25-20(31-22)19-15-10-6-7-11-16(15)21(29)28(27-19)12-14-8-4-3-5-9-14/h3-11H,2,12-13H2,1H3. The van der Waals surface area contributed by atoms with Crippen LogP contribution in [0.25, 0.3) is 22.4 Å². The Morgan fingerprint density at radius 2 is 1.62 bits per heavy atom. The second kappa shape index (κ2) is 8.75. The fourth-order valence-electron chi connectivity index (χ4n) is 3.23. The van der Waals surface area contributed by atoms with E-state index in [2.05, 4.69) is 25.5 Å². The van der Waals surface area contributed by atoms with Crippen molar-refractivity contribution in [3.63, 3.8) is 0 Å². The SMILES string of the molecule is CCc1nnc(CSc2nnc(-c3nn(Cc4ccccc4)c(=O)c4ccccc34)o2)o1. The lowest BCUT2D eigenvalue weighted by atomic mass is 10.1. The Kier molecular flexibility index (Phi) is 5.51. The van der Waals surface area contributed by atoms with Crippen molar-refractivity contribution < 1.29 is 8.83 Å². The summed E-state index contributed by atoms with van der Waals surface area (Å²) in [6.45, 7) is 2.29. The van der Waals surface area contributed by atoms with E-state index >= 15 is 0 Å². The van der Waals surface area contributed by atoms with E-state index in [9.17, 15) is 4.79 Å². The van der Waals surface area contributed by atoms with Crippen molar-refractivity contribution in [1.82, 2.24) is 30.2 Å². The van der Waals surface area contributed by atoms with Crippen molar-refractivity contribution in [2.45, 2.75) is 30.9 Å². The molecule has 0 fully saturated rings. The Hall–Kier alpha value is -3.79. The molecule has 0 aliphatic carbocycles. The Morgan fingerprint density at radius 1 is 0.875 bits per heavy atom. The molecule has 2 aromatic carbocycles. The van der Waals surface area contributed by atoms with Gasteiger partial charge in [-0.15, -0.1) is 20.4 Å². The molecule has 9 nitrogen and oxygen atoms in total. The number of aromatic nitrogens is 6. The zero-order valence-electron chi connectivity index (χ0n) is 17.1. The van der Waals surface area contributed by atoms with Crippen LogP contribution in [0.4, 0.5) is 0 Å². The largest absolute Gasteiger partial charge is 0.424 e. The molecule has 0 N–H and O–H groups in total. The summed E-state index contributed by atoms with van der Waals surface area (Å²) < 4.78 is 12.8. The molecule has 0 bridgehead atoms. The topological polar surface area (TPSA) is 113 Å². The van der Waals surface area contributed by atoms with Gasteiger partial charge < -0.3 is 8.83 Å². The molecule has 5 aromatic rings. The Balaban J connectivity index is 1.48. The minimum Gasteiger partial charge on any atom is -0.424 e. The highest BCUT2D eigenvalue weighted by atomic mass is 32.2. The van der Waals surface area contributed by atoms with Crippen LogP contribution in [-0.2, 0) is 18.7 Å². The number of rotatable bonds is 7. The molecule has 0 aliphatic rings. The van der Waals surface area contributed by atoms with E-state index in [1.165, 1.54) is 16.4 Å². The maximum atomic E-state index is 13.0. The lowest BCUT2D eigenvalue weighted by Gasteiger charge is -2.09. The monoisotopic (exact) mass is 446 g/mol. The van der Waals surface area contributed by atoms with Crippen molar-refractivity contribution >= 4 is 22.5 Å². The van der Waals surface area contributed by atoms with Gasteiger partial charge >= 0.3 is 0 Å². The van der Waals surface area contributed by atoms with Crippen molar-refractivity contribution in [1.29, 1.82) is 0 Å². The van der Waals surface area contributed by atoms with Crippen LogP contribution in [0.2, 0.25) is 0 Å². The van der Waals surface area contributed by atoms with Crippen molar-refractivity contribution in [3.8, 4) is 11.6 Å². The predicted octanol–water partition coefficient (Wildman–Crippen LogP) is 3.73. The van der Waals surface area contributed by atoms with Gasteiger partial charge in [0, 0.05) is 11.8 Å². The van der Waals surface area contributed by atoms with Gasteiger partial charge in [0.25, 0.3) is 16.7 Å². The van der Waals surface area contributed by atoms with Crippen LogP contribution in [0.3, 0.4) is 0 Å². The normalized spacial score (nSPS) is 11.3. The van der Waals surface area contributed by atoms with Gasteiger partial charge in [-0.2, -0.15) is 5.10 Å². The summed E-state index contributed by atoms with van der Waals surface area (Å²) in [5.41, 5.74) is 1.25. The third kappa shape index (κ3) is 4.04. The number of hydrogen-bond donors (Lipinski definition) is 0. The van der Waals surface area contributed by atoms with E-state index in [0.717, 1.165) is 5.56 Å². The summed E-state index contributed by atoms with van der Waals surface area (Å²) in [6.07, 6.45) is 0.680. The lowest BCUT2D eigenvalue weighted by molar-refractivity contribution is 0.456. The molecular weight excluding hydrogens is 428 g/mol. The van der Waals surface area contributed by atoms with Gasteiger partial charge in [-0.3, -0.25) is 4.79 Å². The van der Waals surface area contributed by atoms with Gasteiger partial charge in [0.05, 0.1) is 17.7 Å². The van der Waals surface area contributed by atoms with Gasteiger partial charge in [-0.05, 0) is 11.6 Å². The molecule has 0 radical (unpaired) electrons. The Bertz CT molecular complexity index is 1430. The number of hydrogen-bond acceptors (Lipinski definition) is 9. The van der Waals surface area contributed by atoms with Crippen LogP contribution in [-0.4, -0.2) is 30.2 Å². The maximum absolute atomic E-state index is 13.0. The second-order valence-corrected chi connectivity index (χ2v) is 7.87. The molecule has 3 aromatic heterocycles. The van der Waals surface area contributed by atoms with Crippen molar-refractivity contribution in [2.24, 2.45) is 0 Å². The zero-order valence-corrected chi connectivity index (χ0v) is 18.0. The number of thioether (sulfide) groups is 1. The number of nitrogens with zero attached hydrogens (tertiary/aromatic N) is 6. The molecule has 5 rings (SSSR count). The molecule has 160 valence electrons. The van der Waals surface area contributed by atoms with E-state index in [-0.39, 0.29) is 11.4 Å². The summed E-state index contributed by atoms with van der Waals surface area (Å²) in [6, 6.07) is 17.0. The van der Waals surface area contributed by atoms with Crippen LogP contribution in [0.5, 0.6) is 0 Å². The smallest absolute Gasteiger partial charge is 0.277 e. The number of benzene rings is 2. The minimum atomic E-state index is -0.176. The highest BCUT2D eigenvalue weighted by Gasteiger charge is 2.18. The summed E-state index contributed by atoms with van der Waals surface area (Å²) in [5.74, 6) is 1.73. The van der Waals surface area contributed by atoms with Crippen molar-refractivity contribution in [3.05, 3.63) is 82.3 Å². The first-order valence-electron chi connectivity index (χ1n) is 10.0. The van der Waals surface area contributed by atoms with Crippen LogP contribution < -0.4 is 5.56 Å². The molecule has 10 heteroatoms. The van der Waals surface area contributed by atoms with Gasteiger partial charge in [0.2, 0.25) is 11.8 Å². The zero-order chi connectivity index (χ0) is 21.9. The molecule has 0 unspecified atom stereocenters. The molecule has 0 spiro atoms. The van der Waals surface area contributed by atoms with E-state index < -0.39 is 0 Å². The van der Waals surface area contributed by atoms with Crippen molar-refractivity contribution in [2.75, 3.05) is 0 Å². The van der Waals surface area contributed by atoms with E-state index in [1.807, 2.05) is 55.5 Å². The summed E-state index contributed by atoms with van der Waals surface area (Å²) in [7, 11) is 0. The highest BCUT2D eigenvalue weighted by Crippen LogP contribution is 2.28. The average molecular weight is 446 g/mol. The van der Waals surface area contributed by atoms with E-state index in [0.29, 0.717) is 52.2 Å². The molecule has 0 aliphatic heterocycles. The predicted molar refractivity (Wildman–Crippen MR) is 118 cm³/mol. The fourth-order valence-corrected chi connectivity index (χ4v) is 3.83. The first-order chi connectivity index (χ1) is 15.7. The molecule has 0 amide bonds. The molecule has 0 saturated heterocycles. The first kappa shape index (κ1) is 20.1. The van der Waals surface area contributed by atoms with Gasteiger partial charge in [-0.25, -0.2) is 4.68 Å². The minimum absolute atomic E-state index is 0.176. The third-order valence-corrected chi connectivity index (χ3v) is 5.59. The summed E-state index contributed by atoms with van der Waals surface area (Å²) >= 11 is 1.30. The fraction of sp³-hybridized carbons (Fsp3) is 0.182. The van der Waals surface area contributed by atoms with Gasteiger partial charge in [-0.1, -0.05) is 67.2 Å². The third-order valence-electron chi connectivity index (χ3n) is 4.78. The molecule has 0 atom stereocenters. The van der Waals surface area contributed by atoms with E-state index in [4.69, 9.17) is 8.83 Å². The molecule has 0 saturated carbocycles.